The van der Waals surface area contributed by atoms with Crippen LogP contribution < -0.4 is 27.4 Å². The van der Waals surface area contributed by atoms with E-state index in [0.717, 1.165) is 23.1 Å². The topological polar surface area (TPSA) is 177 Å². The molecule has 3 amide bonds. The molecule has 43 heavy (non-hydrogen) atoms. The third-order valence-corrected chi connectivity index (χ3v) is 7.03. The summed E-state index contributed by atoms with van der Waals surface area (Å²) >= 11 is 0. The van der Waals surface area contributed by atoms with Crippen LogP contribution in [0, 0.1) is 0 Å². The van der Waals surface area contributed by atoms with Gasteiger partial charge in [-0.25, -0.2) is 4.79 Å². The van der Waals surface area contributed by atoms with Crippen molar-refractivity contribution in [3.05, 3.63) is 108 Å². The first-order valence-corrected chi connectivity index (χ1v) is 14.5. The van der Waals surface area contributed by atoms with Crippen molar-refractivity contribution >= 4 is 23.7 Å². The molecule has 0 spiro atoms. The molecule has 0 unspecified atom stereocenters. The number of hydrogen-bond donors (Lipinski definition) is 6. The number of nitrogens with one attached hydrogen (secondary N) is 3. The Morgan fingerprint density at radius 2 is 0.953 bits per heavy atom. The van der Waals surface area contributed by atoms with Crippen molar-refractivity contribution in [2.24, 2.45) is 11.5 Å². The van der Waals surface area contributed by atoms with Crippen LogP contribution >= 0.6 is 0 Å². The monoisotopic (exact) mass is 587 g/mol. The Labute approximate surface area is 252 Å². The SMILES string of the molecule is NCCCC[C@H](N)C(=O)N[C@@H](Cc1ccccc1)C(=O)N[C@@H](Cc1ccccc1)C(=O)N[C@@H](Cc1ccccc1)C(=O)O. The number of carboxylic acids is 1. The molecule has 228 valence electrons. The van der Waals surface area contributed by atoms with Crippen molar-refractivity contribution < 1.29 is 24.3 Å². The normalized spacial score (nSPS) is 13.6. The van der Waals surface area contributed by atoms with E-state index in [4.69, 9.17) is 11.5 Å². The first-order valence-electron chi connectivity index (χ1n) is 14.5. The molecule has 0 aliphatic carbocycles. The first kappa shape index (κ1) is 33.0. The van der Waals surface area contributed by atoms with Crippen molar-refractivity contribution in [2.45, 2.75) is 62.7 Å². The lowest BCUT2D eigenvalue weighted by atomic mass is 10.0. The second kappa shape index (κ2) is 17.4. The summed E-state index contributed by atoms with van der Waals surface area (Å²) in [5.74, 6) is -2.91. The van der Waals surface area contributed by atoms with Gasteiger partial charge < -0.3 is 32.5 Å². The Morgan fingerprint density at radius 3 is 1.35 bits per heavy atom. The first-order chi connectivity index (χ1) is 20.8. The van der Waals surface area contributed by atoms with E-state index in [-0.39, 0.29) is 19.3 Å². The number of unbranched alkanes of at least 4 members (excludes halogenated alkanes) is 1. The summed E-state index contributed by atoms with van der Waals surface area (Å²) in [4.78, 5) is 52.3. The number of hydrogen-bond acceptors (Lipinski definition) is 6. The number of carbonyl (C=O) groups is 4. The molecule has 3 aromatic rings. The van der Waals surface area contributed by atoms with Crippen LogP contribution in [0.5, 0.6) is 0 Å². The molecule has 0 aliphatic rings. The number of amides is 3. The summed E-state index contributed by atoms with van der Waals surface area (Å²) in [5.41, 5.74) is 14.0. The van der Waals surface area contributed by atoms with E-state index in [1.807, 2.05) is 66.7 Å². The van der Waals surface area contributed by atoms with Crippen molar-refractivity contribution in [2.75, 3.05) is 6.54 Å². The zero-order valence-corrected chi connectivity index (χ0v) is 24.2. The van der Waals surface area contributed by atoms with Crippen LogP contribution in [-0.4, -0.2) is 59.5 Å². The summed E-state index contributed by atoms with van der Waals surface area (Å²) in [5, 5.41) is 18.0. The van der Waals surface area contributed by atoms with Crippen LogP contribution in [-0.2, 0) is 38.4 Å². The summed E-state index contributed by atoms with van der Waals surface area (Å²) in [6, 6.07) is 23.1. The van der Waals surface area contributed by atoms with Crippen LogP contribution in [0.15, 0.2) is 91.0 Å². The fourth-order valence-electron chi connectivity index (χ4n) is 4.63. The largest absolute Gasteiger partial charge is 0.480 e. The Kier molecular flexibility index (Phi) is 13.4. The van der Waals surface area contributed by atoms with Crippen molar-refractivity contribution in [1.29, 1.82) is 0 Å². The third kappa shape index (κ3) is 11.3. The molecular formula is C33H41N5O5. The van der Waals surface area contributed by atoms with E-state index in [2.05, 4.69) is 16.0 Å². The quantitative estimate of drug-likeness (QED) is 0.130. The van der Waals surface area contributed by atoms with Crippen LogP contribution in [0.4, 0.5) is 0 Å². The summed E-state index contributed by atoms with van der Waals surface area (Å²) in [6.45, 7) is 0.492. The van der Waals surface area contributed by atoms with E-state index in [1.165, 1.54) is 0 Å². The minimum Gasteiger partial charge on any atom is -0.480 e. The molecule has 0 heterocycles. The van der Waals surface area contributed by atoms with E-state index in [9.17, 15) is 24.3 Å². The average molecular weight is 588 g/mol. The average Bonchev–Trinajstić information content (AvgIpc) is 3.01. The number of carboxylic acid groups (broad SMARTS) is 1. The number of rotatable bonds is 17. The molecule has 0 radical (unpaired) electrons. The van der Waals surface area contributed by atoms with Gasteiger partial charge in [0, 0.05) is 19.3 Å². The van der Waals surface area contributed by atoms with Crippen LogP contribution in [0.25, 0.3) is 0 Å². The molecular weight excluding hydrogens is 546 g/mol. The van der Waals surface area contributed by atoms with Gasteiger partial charge in [0.05, 0.1) is 6.04 Å². The molecule has 0 aliphatic heterocycles. The second-order valence-corrected chi connectivity index (χ2v) is 10.5. The number of nitrogens with two attached hydrogens (primary N) is 2. The molecule has 10 nitrogen and oxygen atoms in total. The molecule has 0 saturated carbocycles. The Hall–Kier alpha value is -4.54. The summed E-state index contributed by atoms with van der Waals surface area (Å²) < 4.78 is 0. The summed E-state index contributed by atoms with van der Waals surface area (Å²) in [7, 11) is 0. The predicted octanol–water partition coefficient (Wildman–Crippen LogP) is 1.71. The van der Waals surface area contributed by atoms with Gasteiger partial charge in [0.15, 0.2) is 0 Å². The molecule has 0 fully saturated rings. The maximum Gasteiger partial charge on any atom is 0.326 e. The van der Waals surface area contributed by atoms with Gasteiger partial charge in [-0.2, -0.15) is 0 Å². The third-order valence-electron chi connectivity index (χ3n) is 7.03. The highest BCUT2D eigenvalue weighted by Gasteiger charge is 2.31. The van der Waals surface area contributed by atoms with Gasteiger partial charge in [0.25, 0.3) is 0 Å². The zero-order valence-electron chi connectivity index (χ0n) is 24.2. The van der Waals surface area contributed by atoms with Gasteiger partial charge in [-0.3, -0.25) is 14.4 Å². The smallest absolute Gasteiger partial charge is 0.326 e. The molecule has 0 saturated heterocycles. The molecule has 10 heteroatoms. The fourth-order valence-corrected chi connectivity index (χ4v) is 4.63. The van der Waals surface area contributed by atoms with Gasteiger partial charge in [-0.1, -0.05) is 97.4 Å². The summed E-state index contributed by atoms with van der Waals surface area (Å²) in [6.07, 6.45) is 2.17. The number of carbonyl (C=O) groups excluding carboxylic acids is 3. The van der Waals surface area contributed by atoms with E-state index >= 15 is 0 Å². The van der Waals surface area contributed by atoms with E-state index in [0.29, 0.717) is 19.4 Å². The molecule has 8 N–H and O–H groups in total. The highest BCUT2D eigenvalue weighted by Crippen LogP contribution is 2.10. The van der Waals surface area contributed by atoms with Crippen LogP contribution in [0.3, 0.4) is 0 Å². The highest BCUT2D eigenvalue weighted by molar-refractivity contribution is 5.94. The van der Waals surface area contributed by atoms with Crippen LogP contribution in [0.1, 0.15) is 36.0 Å². The minimum absolute atomic E-state index is 0.0721. The lowest BCUT2D eigenvalue weighted by Gasteiger charge is -2.25. The predicted molar refractivity (Wildman–Crippen MR) is 165 cm³/mol. The highest BCUT2D eigenvalue weighted by atomic mass is 16.4. The maximum absolute atomic E-state index is 13.7. The second-order valence-electron chi connectivity index (χ2n) is 10.5. The molecule has 0 aromatic heterocycles. The van der Waals surface area contributed by atoms with Crippen LogP contribution in [0.2, 0.25) is 0 Å². The van der Waals surface area contributed by atoms with Gasteiger partial charge >= 0.3 is 5.97 Å². The minimum atomic E-state index is -1.21. The van der Waals surface area contributed by atoms with Gasteiger partial charge in [0.1, 0.15) is 18.1 Å². The maximum atomic E-state index is 13.7. The molecule has 3 rings (SSSR count). The zero-order chi connectivity index (χ0) is 31.0. The number of benzene rings is 3. The van der Waals surface area contributed by atoms with E-state index in [1.54, 1.807) is 24.3 Å². The van der Waals surface area contributed by atoms with Crippen molar-refractivity contribution in [1.82, 2.24) is 16.0 Å². The van der Waals surface area contributed by atoms with Crippen molar-refractivity contribution in [3.8, 4) is 0 Å². The van der Waals surface area contributed by atoms with E-state index < -0.39 is 47.9 Å². The fraction of sp³-hybridized carbons (Fsp3) is 0.333. The van der Waals surface area contributed by atoms with Crippen molar-refractivity contribution in [3.63, 3.8) is 0 Å². The molecule has 3 aromatic carbocycles. The van der Waals surface area contributed by atoms with Gasteiger partial charge in [-0.15, -0.1) is 0 Å². The Balaban J connectivity index is 1.81. The standard InChI is InChI=1S/C33H41N5O5/c34-19-11-10-18-26(35)30(39)36-27(20-23-12-4-1-5-13-23)31(40)37-28(21-24-14-6-2-7-15-24)32(41)38-29(33(42)43)22-25-16-8-3-9-17-25/h1-9,12-17,26-29H,10-11,18-22,34-35H2,(H,36,39)(H,37,40)(H,38,41)(H,42,43)/t26-,27-,28-,29-/m0/s1. The lowest BCUT2D eigenvalue weighted by Crippen LogP contribution is -2.58. The Morgan fingerprint density at radius 1 is 0.581 bits per heavy atom. The lowest BCUT2D eigenvalue weighted by molar-refractivity contribution is -0.142. The van der Waals surface area contributed by atoms with Gasteiger partial charge in [0.2, 0.25) is 17.7 Å². The number of aliphatic carboxylic acids is 1. The Bertz CT molecular complexity index is 1310. The molecule has 4 atom stereocenters. The molecule has 0 bridgehead atoms. The van der Waals surface area contributed by atoms with Gasteiger partial charge in [-0.05, 0) is 36.1 Å².